The maximum atomic E-state index is 13.6. The van der Waals surface area contributed by atoms with Gasteiger partial charge in [-0.1, -0.05) is 0 Å². The van der Waals surface area contributed by atoms with E-state index in [0.717, 1.165) is 12.6 Å². The topological polar surface area (TPSA) is 67.6 Å². The molecule has 0 radical (unpaired) electrons. The zero-order valence-electron chi connectivity index (χ0n) is 10.9. The third-order valence-corrected chi connectivity index (χ3v) is 3.16. The van der Waals surface area contributed by atoms with Gasteiger partial charge in [0.05, 0.1) is 18.1 Å². The Morgan fingerprint density at radius 1 is 1.58 bits per heavy atom. The van der Waals surface area contributed by atoms with E-state index in [-0.39, 0.29) is 17.5 Å². The molecule has 0 saturated carbocycles. The molecule has 1 aromatic carbocycles. The van der Waals surface area contributed by atoms with Gasteiger partial charge in [-0.05, 0) is 6.92 Å². The van der Waals surface area contributed by atoms with Crippen LogP contribution in [-0.2, 0) is 0 Å². The summed E-state index contributed by atoms with van der Waals surface area (Å²) in [5, 5.41) is 14.3. The Kier molecular flexibility index (Phi) is 3.84. The molecule has 1 N–H and O–H groups in total. The number of halogens is 1. The van der Waals surface area contributed by atoms with Crippen LogP contribution < -0.4 is 15.0 Å². The minimum atomic E-state index is -0.721. The van der Waals surface area contributed by atoms with E-state index in [1.165, 1.54) is 13.2 Å². The summed E-state index contributed by atoms with van der Waals surface area (Å²) < 4.78 is 18.5. The number of hydrogen-bond donors (Lipinski definition) is 1. The molecule has 7 heteroatoms. The smallest absolute Gasteiger partial charge is 0.295 e. The number of ether oxygens (including phenoxy) is 1. The first-order chi connectivity index (χ1) is 9.02. The fraction of sp³-hybridized carbons (Fsp3) is 0.500. The first-order valence-corrected chi connectivity index (χ1v) is 6.03. The van der Waals surface area contributed by atoms with Crippen LogP contribution in [0.3, 0.4) is 0 Å². The summed E-state index contributed by atoms with van der Waals surface area (Å²) in [6.07, 6.45) is 0. The van der Waals surface area contributed by atoms with Gasteiger partial charge >= 0.3 is 0 Å². The van der Waals surface area contributed by atoms with Crippen LogP contribution in [-0.4, -0.2) is 37.7 Å². The lowest BCUT2D eigenvalue weighted by atomic mass is 10.1. The van der Waals surface area contributed by atoms with Crippen molar-refractivity contribution in [2.24, 2.45) is 0 Å². The zero-order chi connectivity index (χ0) is 14.0. The van der Waals surface area contributed by atoms with Crippen molar-refractivity contribution >= 4 is 11.4 Å². The number of nitrogens with one attached hydrogen (secondary N) is 1. The van der Waals surface area contributed by atoms with Crippen LogP contribution in [0.2, 0.25) is 0 Å². The van der Waals surface area contributed by atoms with Crippen LogP contribution in [0.1, 0.15) is 6.92 Å². The summed E-state index contributed by atoms with van der Waals surface area (Å²) in [4.78, 5) is 12.4. The van der Waals surface area contributed by atoms with E-state index in [0.29, 0.717) is 18.8 Å². The maximum absolute atomic E-state index is 13.6. The largest absolute Gasteiger partial charge is 0.494 e. The highest BCUT2D eigenvalue weighted by molar-refractivity contribution is 5.66. The molecule has 1 fully saturated rings. The Balaban J connectivity index is 2.44. The number of piperazine rings is 1. The fourth-order valence-electron chi connectivity index (χ4n) is 2.24. The quantitative estimate of drug-likeness (QED) is 0.666. The van der Waals surface area contributed by atoms with E-state index in [1.54, 1.807) is 0 Å². The van der Waals surface area contributed by atoms with E-state index < -0.39 is 10.7 Å². The lowest BCUT2D eigenvalue weighted by molar-refractivity contribution is -0.384. The minimum absolute atomic E-state index is 0.0202. The van der Waals surface area contributed by atoms with Crippen molar-refractivity contribution in [3.05, 3.63) is 28.1 Å². The van der Waals surface area contributed by atoms with Gasteiger partial charge in [0, 0.05) is 31.7 Å². The second kappa shape index (κ2) is 5.40. The van der Waals surface area contributed by atoms with Crippen molar-refractivity contribution in [2.75, 3.05) is 31.6 Å². The van der Waals surface area contributed by atoms with Crippen molar-refractivity contribution in [3.8, 4) is 5.75 Å². The van der Waals surface area contributed by atoms with Crippen LogP contribution in [0.4, 0.5) is 15.8 Å². The van der Waals surface area contributed by atoms with Gasteiger partial charge in [-0.3, -0.25) is 10.1 Å². The van der Waals surface area contributed by atoms with Crippen molar-refractivity contribution < 1.29 is 14.1 Å². The molecule has 1 saturated heterocycles. The molecule has 1 aromatic rings. The number of rotatable bonds is 3. The number of nitro benzene ring substituents is 1. The third-order valence-electron chi connectivity index (χ3n) is 3.16. The predicted molar refractivity (Wildman–Crippen MR) is 69.3 cm³/mol. The summed E-state index contributed by atoms with van der Waals surface area (Å²) in [5.41, 5.74) is 0.170. The van der Waals surface area contributed by atoms with Gasteiger partial charge in [0.15, 0.2) is 11.6 Å². The van der Waals surface area contributed by atoms with Gasteiger partial charge in [-0.25, -0.2) is 4.39 Å². The average molecular weight is 269 g/mol. The molecule has 1 atom stereocenters. The standard InChI is InChI=1S/C12H16FN3O3/c1-8-7-15(4-3-14-8)10-6-12(19-2)9(13)5-11(10)16(17)18/h5-6,8,14H,3-4,7H2,1-2H3. The Bertz CT molecular complexity index is 495. The molecule has 1 aliphatic rings. The molecule has 0 bridgehead atoms. The van der Waals surface area contributed by atoms with Gasteiger partial charge in [0.25, 0.3) is 5.69 Å². The Morgan fingerprint density at radius 3 is 2.89 bits per heavy atom. The first-order valence-electron chi connectivity index (χ1n) is 6.03. The molecule has 2 rings (SSSR count). The van der Waals surface area contributed by atoms with E-state index in [9.17, 15) is 14.5 Å². The molecule has 0 spiro atoms. The molecule has 0 aromatic heterocycles. The number of hydrogen-bond acceptors (Lipinski definition) is 5. The summed E-state index contributed by atoms with van der Waals surface area (Å²) in [5.74, 6) is -0.701. The molecule has 1 unspecified atom stereocenters. The van der Waals surface area contributed by atoms with Crippen LogP contribution in [0.25, 0.3) is 0 Å². The SMILES string of the molecule is COc1cc(N2CCNC(C)C2)c([N+](=O)[O-])cc1F. The molecular formula is C12H16FN3O3. The maximum Gasteiger partial charge on any atom is 0.295 e. The van der Waals surface area contributed by atoms with E-state index >= 15 is 0 Å². The van der Waals surface area contributed by atoms with Gasteiger partial charge in [-0.2, -0.15) is 0 Å². The molecular weight excluding hydrogens is 253 g/mol. The lowest BCUT2D eigenvalue weighted by Gasteiger charge is -2.33. The summed E-state index contributed by atoms with van der Waals surface area (Å²) in [7, 11) is 1.34. The average Bonchev–Trinajstić information content (AvgIpc) is 2.38. The van der Waals surface area contributed by atoms with Crippen LogP contribution in [0.5, 0.6) is 5.75 Å². The number of nitro groups is 1. The second-order valence-electron chi connectivity index (χ2n) is 4.53. The molecule has 1 heterocycles. The Labute approximate surface area is 110 Å². The van der Waals surface area contributed by atoms with Gasteiger partial charge in [-0.15, -0.1) is 0 Å². The molecule has 0 amide bonds. The zero-order valence-corrected chi connectivity index (χ0v) is 10.9. The third kappa shape index (κ3) is 2.76. The van der Waals surface area contributed by atoms with Gasteiger partial charge in [0.2, 0.25) is 0 Å². The van der Waals surface area contributed by atoms with E-state index in [4.69, 9.17) is 4.74 Å². The van der Waals surface area contributed by atoms with Crippen molar-refractivity contribution in [3.63, 3.8) is 0 Å². The predicted octanol–water partition coefficient (Wildman–Crippen LogP) is 1.54. The number of anilines is 1. The highest BCUT2D eigenvalue weighted by Crippen LogP contribution is 2.34. The molecule has 6 nitrogen and oxygen atoms in total. The second-order valence-corrected chi connectivity index (χ2v) is 4.53. The summed E-state index contributed by atoms with van der Waals surface area (Å²) in [6.45, 7) is 4.01. The Hall–Kier alpha value is -1.89. The first kappa shape index (κ1) is 13.5. The summed E-state index contributed by atoms with van der Waals surface area (Å²) >= 11 is 0. The highest BCUT2D eigenvalue weighted by atomic mass is 19.1. The highest BCUT2D eigenvalue weighted by Gasteiger charge is 2.26. The normalized spacial score (nSPS) is 19.3. The van der Waals surface area contributed by atoms with E-state index in [1.807, 2.05) is 11.8 Å². The van der Waals surface area contributed by atoms with Crippen molar-refractivity contribution in [1.29, 1.82) is 0 Å². The minimum Gasteiger partial charge on any atom is -0.494 e. The van der Waals surface area contributed by atoms with Gasteiger partial charge in [0.1, 0.15) is 5.69 Å². The van der Waals surface area contributed by atoms with Crippen LogP contribution in [0.15, 0.2) is 12.1 Å². The summed E-state index contributed by atoms with van der Waals surface area (Å²) in [6, 6.07) is 2.54. The lowest BCUT2D eigenvalue weighted by Crippen LogP contribution is -2.49. The molecule has 1 aliphatic heterocycles. The van der Waals surface area contributed by atoms with Crippen LogP contribution >= 0.6 is 0 Å². The monoisotopic (exact) mass is 269 g/mol. The van der Waals surface area contributed by atoms with Gasteiger partial charge < -0.3 is 15.0 Å². The number of benzene rings is 1. The van der Waals surface area contributed by atoms with Crippen molar-refractivity contribution in [1.82, 2.24) is 5.32 Å². The van der Waals surface area contributed by atoms with E-state index in [2.05, 4.69) is 5.32 Å². The Morgan fingerprint density at radius 2 is 2.32 bits per heavy atom. The molecule has 104 valence electrons. The number of methoxy groups -OCH3 is 1. The number of nitrogens with zero attached hydrogens (tertiary/aromatic N) is 2. The molecule has 0 aliphatic carbocycles. The van der Waals surface area contributed by atoms with Crippen molar-refractivity contribution in [2.45, 2.75) is 13.0 Å². The molecule has 19 heavy (non-hydrogen) atoms. The van der Waals surface area contributed by atoms with Crippen LogP contribution in [0, 0.1) is 15.9 Å². The fourth-order valence-corrected chi connectivity index (χ4v) is 2.24.